The number of carbonyl (C=O) groups excluding carboxylic acids is 2. The number of benzene rings is 1. The Morgan fingerprint density at radius 3 is 2.55 bits per heavy atom. The van der Waals surface area contributed by atoms with Crippen molar-refractivity contribution < 1.29 is 14.9 Å². The fourth-order valence-electron chi connectivity index (χ4n) is 2.66. The molecule has 0 saturated heterocycles. The molecule has 1 saturated carbocycles. The van der Waals surface area contributed by atoms with E-state index in [1.807, 2.05) is 36.5 Å². The van der Waals surface area contributed by atoms with Gasteiger partial charge in [-0.05, 0) is 31.9 Å². The van der Waals surface area contributed by atoms with E-state index in [2.05, 4.69) is 10.6 Å². The molecule has 5 nitrogen and oxygen atoms in total. The maximum atomic E-state index is 11.8. The highest BCUT2D eigenvalue weighted by Crippen LogP contribution is 2.17. The molecule has 0 unspecified atom stereocenters. The average Bonchev–Trinajstić information content (AvgIpc) is 2.98. The molecule has 0 aromatic heterocycles. The van der Waals surface area contributed by atoms with Gasteiger partial charge < -0.3 is 10.6 Å². The van der Waals surface area contributed by atoms with Crippen molar-refractivity contribution >= 4 is 23.5 Å². The molecule has 1 atom stereocenters. The summed E-state index contributed by atoms with van der Waals surface area (Å²) < 4.78 is 0. The third-order valence-corrected chi connectivity index (χ3v) is 4.25. The van der Waals surface area contributed by atoms with E-state index >= 15 is 0 Å². The minimum Gasteiger partial charge on any atom is -0.335 e. The molecule has 1 aliphatic rings. The summed E-state index contributed by atoms with van der Waals surface area (Å²) in [6.07, 6.45) is 4.29. The second kappa shape index (κ2) is 8.15. The van der Waals surface area contributed by atoms with Gasteiger partial charge in [-0.3, -0.25) is 10.1 Å². The van der Waals surface area contributed by atoms with E-state index < -0.39 is 0 Å². The summed E-state index contributed by atoms with van der Waals surface area (Å²) in [4.78, 5) is 23.5. The van der Waals surface area contributed by atoms with Crippen LogP contribution in [0.2, 0.25) is 5.02 Å². The van der Waals surface area contributed by atoms with Crippen molar-refractivity contribution in [3.63, 3.8) is 0 Å². The minimum absolute atomic E-state index is 0.126. The molecule has 6 heteroatoms. The Morgan fingerprint density at radius 1 is 1.27 bits per heavy atom. The highest BCUT2D eigenvalue weighted by Gasteiger charge is 2.19. The number of carbonyl (C=O) groups is 2. The zero-order chi connectivity index (χ0) is 15.9. The van der Waals surface area contributed by atoms with Crippen LogP contribution < -0.4 is 16.0 Å². The largest absolute Gasteiger partial charge is 0.335 e. The van der Waals surface area contributed by atoms with Gasteiger partial charge in [0.05, 0.1) is 0 Å². The lowest BCUT2D eigenvalue weighted by molar-refractivity contribution is -0.682. The monoisotopic (exact) mass is 324 g/mol. The first-order valence-electron chi connectivity index (χ1n) is 7.73. The number of nitrogens with two attached hydrogens (primary N) is 1. The first kappa shape index (κ1) is 16.8. The number of imide groups is 1. The van der Waals surface area contributed by atoms with Gasteiger partial charge in [-0.2, -0.15) is 0 Å². The number of hydrogen-bond donors (Lipinski definition) is 3. The topological polar surface area (TPSA) is 74.8 Å². The standard InChI is InChI=1S/C16H22ClN3O2/c1-11(12-6-8-13(17)9-7-12)18-10-15(21)20-16(22)19-14-4-2-3-5-14/h6-9,11,14,18H,2-5,10H2,1H3,(H2,19,20,21,22)/p+1/t11-/m1/s1. The van der Waals surface area contributed by atoms with Gasteiger partial charge in [0, 0.05) is 16.6 Å². The van der Waals surface area contributed by atoms with E-state index in [9.17, 15) is 9.59 Å². The molecule has 0 spiro atoms. The Morgan fingerprint density at radius 2 is 1.91 bits per heavy atom. The Hall–Kier alpha value is -1.59. The maximum Gasteiger partial charge on any atom is 0.321 e. The van der Waals surface area contributed by atoms with Crippen molar-refractivity contribution in [2.45, 2.75) is 44.7 Å². The number of quaternary nitrogens is 1. The first-order valence-corrected chi connectivity index (χ1v) is 8.11. The molecule has 1 aliphatic carbocycles. The highest BCUT2D eigenvalue weighted by atomic mass is 35.5. The molecule has 1 aromatic carbocycles. The number of rotatable bonds is 5. The van der Waals surface area contributed by atoms with Gasteiger partial charge in [0.1, 0.15) is 6.04 Å². The molecule has 2 rings (SSSR count). The number of halogens is 1. The fraction of sp³-hybridized carbons (Fsp3) is 0.500. The maximum absolute atomic E-state index is 11.8. The van der Waals surface area contributed by atoms with Crippen LogP contribution in [0.4, 0.5) is 4.79 Å². The lowest BCUT2D eigenvalue weighted by atomic mass is 10.1. The Kier molecular flexibility index (Phi) is 6.21. The van der Waals surface area contributed by atoms with E-state index in [1.165, 1.54) is 0 Å². The van der Waals surface area contributed by atoms with E-state index in [-0.39, 0.29) is 30.6 Å². The molecule has 0 aliphatic heterocycles. The van der Waals surface area contributed by atoms with Gasteiger partial charge >= 0.3 is 6.03 Å². The van der Waals surface area contributed by atoms with Crippen molar-refractivity contribution in [3.05, 3.63) is 34.9 Å². The summed E-state index contributed by atoms with van der Waals surface area (Å²) in [6, 6.07) is 7.49. The Bertz CT molecular complexity index is 513. The summed E-state index contributed by atoms with van der Waals surface area (Å²) >= 11 is 5.85. The fourth-order valence-corrected chi connectivity index (χ4v) is 2.78. The van der Waals surface area contributed by atoms with Crippen molar-refractivity contribution in [2.75, 3.05) is 6.54 Å². The van der Waals surface area contributed by atoms with Crippen LogP contribution in [0.1, 0.15) is 44.2 Å². The van der Waals surface area contributed by atoms with Crippen LogP contribution in [0.25, 0.3) is 0 Å². The number of amides is 3. The SMILES string of the molecule is C[C@@H]([NH2+]CC(=O)NC(=O)NC1CCCC1)c1ccc(Cl)cc1. The smallest absolute Gasteiger partial charge is 0.321 e. The van der Waals surface area contributed by atoms with E-state index in [0.29, 0.717) is 5.02 Å². The van der Waals surface area contributed by atoms with Gasteiger partial charge in [0.2, 0.25) is 0 Å². The molecular formula is C16H23ClN3O2+. The van der Waals surface area contributed by atoms with Crippen molar-refractivity contribution in [2.24, 2.45) is 0 Å². The van der Waals surface area contributed by atoms with Gasteiger partial charge in [0.25, 0.3) is 5.91 Å². The third-order valence-electron chi connectivity index (χ3n) is 4.00. The average molecular weight is 325 g/mol. The second-order valence-corrected chi connectivity index (χ2v) is 6.22. The van der Waals surface area contributed by atoms with Crippen LogP contribution >= 0.6 is 11.6 Å². The summed E-state index contributed by atoms with van der Waals surface area (Å²) in [5, 5.41) is 7.80. The van der Waals surface area contributed by atoms with Crippen LogP contribution in [0.3, 0.4) is 0 Å². The summed E-state index contributed by atoms with van der Waals surface area (Å²) in [6.45, 7) is 2.22. The molecule has 4 N–H and O–H groups in total. The minimum atomic E-state index is -0.385. The number of urea groups is 1. The lowest BCUT2D eigenvalue weighted by Gasteiger charge is -2.13. The normalized spacial score (nSPS) is 16.3. The summed E-state index contributed by atoms with van der Waals surface area (Å²) in [5.41, 5.74) is 1.09. The lowest BCUT2D eigenvalue weighted by Crippen LogP contribution is -2.87. The van der Waals surface area contributed by atoms with Gasteiger partial charge in [-0.25, -0.2) is 4.79 Å². The molecule has 22 heavy (non-hydrogen) atoms. The predicted octanol–water partition coefficient (Wildman–Crippen LogP) is 1.73. The summed E-state index contributed by atoms with van der Waals surface area (Å²) in [5.74, 6) is -0.281. The summed E-state index contributed by atoms with van der Waals surface area (Å²) in [7, 11) is 0. The number of hydrogen-bond acceptors (Lipinski definition) is 2. The molecule has 0 radical (unpaired) electrons. The van der Waals surface area contributed by atoms with Gasteiger partial charge in [-0.1, -0.05) is 36.6 Å². The van der Waals surface area contributed by atoms with Crippen LogP contribution in [0.15, 0.2) is 24.3 Å². The zero-order valence-electron chi connectivity index (χ0n) is 12.8. The van der Waals surface area contributed by atoms with Crippen LogP contribution in [-0.4, -0.2) is 24.5 Å². The molecule has 1 aromatic rings. The molecular weight excluding hydrogens is 302 g/mol. The van der Waals surface area contributed by atoms with Crippen LogP contribution in [0, 0.1) is 0 Å². The first-order chi connectivity index (χ1) is 10.5. The van der Waals surface area contributed by atoms with Crippen molar-refractivity contribution in [1.82, 2.24) is 10.6 Å². The van der Waals surface area contributed by atoms with E-state index in [4.69, 9.17) is 11.6 Å². The van der Waals surface area contributed by atoms with Crippen LogP contribution in [-0.2, 0) is 4.79 Å². The molecule has 0 heterocycles. The zero-order valence-corrected chi connectivity index (χ0v) is 13.5. The van der Waals surface area contributed by atoms with Crippen molar-refractivity contribution in [3.8, 4) is 0 Å². The van der Waals surface area contributed by atoms with Crippen LogP contribution in [0.5, 0.6) is 0 Å². The quantitative estimate of drug-likeness (QED) is 0.771. The van der Waals surface area contributed by atoms with E-state index in [0.717, 1.165) is 31.2 Å². The van der Waals surface area contributed by atoms with E-state index in [1.54, 1.807) is 0 Å². The molecule has 0 bridgehead atoms. The second-order valence-electron chi connectivity index (χ2n) is 5.78. The molecule has 1 fully saturated rings. The molecule has 120 valence electrons. The highest BCUT2D eigenvalue weighted by molar-refractivity contribution is 6.30. The Balaban J connectivity index is 1.70. The number of nitrogens with one attached hydrogen (secondary N) is 2. The third kappa shape index (κ3) is 5.31. The Labute approximate surface area is 135 Å². The predicted molar refractivity (Wildman–Crippen MR) is 85.6 cm³/mol. The molecule has 3 amide bonds. The van der Waals surface area contributed by atoms with Gasteiger partial charge in [0.15, 0.2) is 6.54 Å². The van der Waals surface area contributed by atoms with Crippen molar-refractivity contribution in [1.29, 1.82) is 0 Å². The van der Waals surface area contributed by atoms with Gasteiger partial charge in [-0.15, -0.1) is 0 Å².